The standard InChI is InChI=1S/C8H6F2N2O2S/c1-2-14-7(13)8(9,10)5-4-15-6(3-11)12-5/h4H,2H2,1H3. The number of alkyl halides is 2. The molecule has 0 aliphatic carbocycles. The molecule has 0 amide bonds. The van der Waals surface area contributed by atoms with Crippen molar-refractivity contribution in [3.8, 4) is 6.07 Å². The molecule has 1 aromatic heterocycles. The van der Waals surface area contributed by atoms with Gasteiger partial charge in [0.1, 0.15) is 11.8 Å². The summed E-state index contributed by atoms with van der Waals surface area (Å²) in [5.74, 6) is -5.44. The quantitative estimate of drug-likeness (QED) is 0.743. The first-order valence-electron chi connectivity index (χ1n) is 3.93. The van der Waals surface area contributed by atoms with Crippen LogP contribution < -0.4 is 0 Å². The Morgan fingerprint density at radius 3 is 2.93 bits per heavy atom. The Bertz CT molecular complexity index is 411. The van der Waals surface area contributed by atoms with E-state index in [9.17, 15) is 13.6 Å². The molecule has 0 unspecified atom stereocenters. The van der Waals surface area contributed by atoms with Crippen LogP contribution in [0.25, 0.3) is 0 Å². The lowest BCUT2D eigenvalue weighted by molar-refractivity contribution is -0.173. The molecule has 0 saturated heterocycles. The molecule has 0 aliphatic rings. The van der Waals surface area contributed by atoms with Gasteiger partial charge in [0.15, 0.2) is 5.01 Å². The predicted octanol–water partition coefficient (Wildman–Crippen LogP) is 1.67. The molecule has 0 N–H and O–H groups in total. The Labute approximate surface area is 88.1 Å². The highest BCUT2D eigenvalue weighted by atomic mass is 32.1. The molecule has 0 bridgehead atoms. The van der Waals surface area contributed by atoms with Crippen molar-refractivity contribution in [1.82, 2.24) is 4.98 Å². The van der Waals surface area contributed by atoms with Crippen molar-refractivity contribution in [3.05, 3.63) is 16.1 Å². The van der Waals surface area contributed by atoms with Gasteiger partial charge in [-0.15, -0.1) is 11.3 Å². The number of nitrogens with zero attached hydrogens (tertiary/aromatic N) is 2. The first kappa shape index (κ1) is 11.5. The van der Waals surface area contributed by atoms with Crippen molar-refractivity contribution < 1.29 is 18.3 Å². The third-order valence-corrected chi connectivity index (χ3v) is 2.20. The number of rotatable bonds is 3. The first-order chi connectivity index (χ1) is 7.02. The average Bonchev–Trinajstić information content (AvgIpc) is 2.66. The number of esters is 1. The second-order valence-corrected chi connectivity index (χ2v) is 3.30. The minimum absolute atomic E-state index is 0.117. The number of carbonyl (C=O) groups is 1. The number of thiazole rings is 1. The van der Waals surface area contributed by atoms with Crippen LogP contribution in [0.1, 0.15) is 17.6 Å². The van der Waals surface area contributed by atoms with Gasteiger partial charge in [-0.1, -0.05) is 0 Å². The molecule has 1 rings (SSSR count). The number of carbonyl (C=O) groups excluding carboxylic acids is 1. The van der Waals surface area contributed by atoms with Crippen LogP contribution in [0.3, 0.4) is 0 Å². The van der Waals surface area contributed by atoms with Gasteiger partial charge in [-0.3, -0.25) is 0 Å². The second-order valence-electron chi connectivity index (χ2n) is 2.44. The molecule has 0 atom stereocenters. The minimum atomic E-state index is -3.79. The highest BCUT2D eigenvalue weighted by molar-refractivity contribution is 7.10. The van der Waals surface area contributed by atoms with Gasteiger partial charge in [0.05, 0.1) is 6.61 Å². The smallest absolute Gasteiger partial charge is 0.385 e. The topological polar surface area (TPSA) is 63.0 Å². The molecule has 1 heterocycles. The zero-order chi connectivity index (χ0) is 11.5. The van der Waals surface area contributed by atoms with E-state index in [0.717, 1.165) is 16.7 Å². The number of hydrogen-bond acceptors (Lipinski definition) is 5. The third-order valence-electron chi connectivity index (χ3n) is 1.45. The molecule has 0 aromatic carbocycles. The maximum atomic E-state index is 13.2. The van der Waals surface area contributed by atoms with Gasteiger partial charge >= 0.3 is 11.9 Å². The summed E-state index contributed by atoms with van der Waals surface area (Å²) in [5.41, 5.74) is -0.748. The van der Waals surface area contributed by atoms with Crippen LogP contribution in [0.5, 0.6) is 0 Å². The number of nitriles is 1. The number of ether oxygens (including phenoxy) is 1. The molecule has 15 heavy (non-hydrogen) atoms. The van der Waals surface area contributed by atoms with Gasteiger partial charge in [-0.2, -0.15) is 14.0 Å². The number of halogens is 2. The minimum Gasteiger partial charge on any atom is -0.461 e. The zero-order valence-corrected chi connectivity index (χ0v) is 8.48. The largest absolute Gasteiger partial charge is 0.461 e. The van der Waals surface area contributed by atoms with Crippen molar-refractivity contribution in [2.45, 2.75) is 12.8 Å². The summed E-state index contributed by atoms with van der Waals surface area (Å²) in [7, 11) is 0. The summed E-state index contributed by atoms with van der Waals surface area (Å²) >= 11 is 0.752. The first-order valence-corrected chi connectivity index (χ1v) is 4.81. The second kappa shape index (κ2) is 4.31. The molecule has 0 radical (unpaired) electrons. The summed E-state index contributed by atoms with van der Waals surface area (Å²) in [6.45, 7) is 1.29. The zero-order valence-electron chi connectivity index (χ0n) is 7.66. The van der Waals surface area contributed by atoms with Crippen LogP contribution >= 0.6 is 11.3 Å². The summed E-state index contributed by atoms with van der Waals surface area (Å²) in [6, 6.07) is 1.61. The van der Waals surface area contributed by atoms with Crippen molar-refractivity contribution >= 4 is 17.3 Å². The van der Waals surface area contributed by atoms with Gasteiger partial charge in [-0.05, 0) is 6.92 Å². The van der Waals surface area contributed by atoms with Crippen molar-refractivity contribution in [1.29, 1.82) is 5.26 Å². The number of aromatic nitrogens is 1. The summed E-state index contributed by atoms with van der Waals surface area (Å²) in [5, 5.41) is 9.25. The molecule has 80 valence electrons. The van der Waals surface area contributed by atoms with E-state index in [1.165, 1.54) is 6.92 Å². The highest BCUT2D eigenvalue weighted by Gasteiger charge is 2.45. The summed E-state index contributed by atoms with van der Waals surface area (Å²) < 4.78 is 30.7. The van der Waals surface area contributed by atoms with Crippen LogP contribution in [0.15, 0.2) is 5.38 Å². The molecule has 0 fully saturated rings. The van der Waals surface area contributed by atoms with Gasteiger partial charge in [0.2, 0.25) is 0 Å². The van der Waals surface area contributed by atoms with Crippen LogP contribution in [0, 0.1) is 11.3 Å². The third kappa shape index (κ3) is 2.27. The van der Waals surface area contributed by atoms with E-state index in [1.54, 1.807) is 6.07 Å². The summed E-state index contributed by atoms with van der Waals surface area (Å²) in [6.07, 6.45) is 0. The Hall–Kier alpha value is -1.55. The predicted molar refractivity (Wildman–Crippen MR) is 47.4 cm³/mol. The molecular formula is C8H6F2N2O2S. The molecule has 0 spiro atoms. The van der Waals surface area contributed by atoms with E-state index in [4.69, 9.17) is 5.26 Å². The molecule has 0 saturated carbocycles. The Kier molecular flexibility index (Phi) is 3.31. The van der Waals surface area contributed by atoms with Crippen LogP contribution in [0.2, 0.25) is 0 Å². The van der Waals surface area contributed by atoms with E-state index in [1.807, 2.05) is 0 Å². The highest BCUT2D eigenvalue weighted by Crippen LogP contribution is 2.30. The normalized spacial score (nSPS) is 10.8. The van der Waals surface area contributed by atoms with Crippen LogP contribution in [-0.4, -0.2) is 17.6 Å². The SMILES string of the molecule is CCOC(=O)C(F)(F)c1csc(C#N)n1. The lowest BCUT2D eigenvalue weighted by Gasteiger charge is -2.11. The van der Waals surface area contributed by atoms with Crippen molar-refractivity contribution in [3.63, 3.8) is 0 Å². The van der Waals surface area contributed by atoms with Gasteiger partial charge in [0.25, 0.3) is 0 Å². The van der Waals surface area contributed by atoms with E-state index in [0.29, 0.717) is 0 Å². The lowest BCUT2D eigenvalue weighted by atomic mass is 10.3. The monoisotopic (exact) mass is 232 g/mol. The lowest BCUT2D eigenvalue weighted by Crippen LogP contribution is -2.28. The molecular weight excluding hydrogens is 226 g/mol. The molecule has 7 heteroatoms. The van der Waals surface area contributed by atoms with E-state index in [-0.39, 0.29) is 11.6 Å². The van der Waals surface area contributed by atoms with Crippen molar-refractivity contribution in [2.75, 3.05) is 6.61 Å². The Balaban J connectivity index is 2.95. The molecule has 4 nitrogen and oxygen atoms in total. The van der Waals surface area contributed by atoms with Crippen LogP contribution in [-0.2, 0) is 15.5 Å². The molecule has 1 aromatic rings. The van der Waals surface area contributed by atoms with Gasteiger partial charge in [-0.25, -0.2) is 9.78 Å². The van der Waals surface area contributed by atoms with E-state index in [2.05, 4.69) is 9.72 Å². The van der Waals surface area contributed by atoms with Gasteiger partial charge < -0.3 is 4.74 Å². The Morgan fingerprint density at radius 2 is 2.47 bits per heavy atom. The maximum absolute atomic E-state index is 13.2. The Morgan fingerprint density at radius 1 is 1.80 bits per heavy atom. The molecule has 0 aliphatic heterocycles. The van der Waals surface area contributed by atoms with Gasteiger partial charge in [0, 0.05) is 5.38 Å². The fraction of sp³-hybridized carbons (Fsp3) is 0.375. The average molecular weight is 232 g/mol. The van der Waals surface area contributed by atoms with Crippen LogP contribution in [0.4, 0.5) is 8.78 Å². The fourth-order valence-electron chi connectivity index (χ4n) is 0.796. The number of hydrogen-bond donors (Lipinski definition) is 0. The van der Waals surface area contributed by atoms with E-state index < -0.39 is 17.6 Å². The fourth-order valence-corrected chi connectivity index (χ4v) is 1.42. The summed E-state index contributed by atoms with van der Waals surface area (Å²) in [4.78, 5) is 14.2. The van der Waals surface area contributed by atoms with Crippen molar-refractivity contribution in [2.24, 2.45) is 0 Å². The maximum Gasteiger partial charge on any atom is 0.385 e. The van der Waals surface area contributed by atoms with E-state index >= 15 is 0 Å².